The van der Waals surface area contributed by atoms with Gasteiger partial charge in [-0.25, -0.2) is 9.37 Å². The van der Waals surface area contributed by atoms with Crippen LogP contribution >= 0.6 is 0 Å². The highest BCUT2D eigenvalue weighted by Crippen LogP contribution is 2.33. The van der Waals surface area contributed by atoms with Crippen LogP contribution in [0.4, 0.5) is 16.0 Å². The summed E-state index contributed by atoms with van der Waals surface area (Å²) >= 11 is 0. The van der Waals surface area contributed by atoms with Crippen LogP contribution in [0.1, 0.15) is 48.0 Å². The number of ether oxygens (including phenoxy) is 1. The minimum Gasteiger partial charge on any atom is -0.438 e. The van der Waals surface area contributed by atoms with E-state index in [1.165, 1.54) is 18.6 Å². The van der Waals surface area contributed by atoms with Gasteiger partial charge in [0.15, 0.2) is 5.78 Å². The van der Waals surface area contributed by atoms with E-state index < -0.39 is 0 Å². The third-order valence-electron chi connectivity index (χ3n) is 8.24. The minimum atomic E-state index is -0.382. The van der Waals surface area contributed by atoms with Crippen molar-refractivity contribution in [2.45, 2.75) is 38.5 Å². The highest BCUT2D eigenvalue weighted by Gasteiger charge is 2.21. The van der Waals surface area contributed by atoms with Gasteiger partial charge in [0.1, 0.15) is 11.6 Å². The summed E-state index contributed by atoms with van der Waals surface area (Å²) in [5.41, 5.74) is 2.03. The van der Waals surface area contributed by atoms with E-state index in [1.807, 2.05) is 42.5 Å². The first-order valence-electron chi connectivity index (χ1n) is 14.5. The van der Waals surface area contributed by atoms with Gasteiger partial charge in [-0.3, -0.25) is 4.79 Å². The van der Waals surface area contributed by atoms with Crippen molar-refractivity contribution in [2.75, 3.05) is 42.6 Å². The number of hydrogen-bond donors (Lipinski definition) is 1. The number of aliphatic hydroxyl groups excluding tert-OH is 1. The van der Waals surface area contributed by atoms with Gasteiger partial charge in [-0.15, -0.1) is 0 Å². The van der Waals surface area contributed by atoms with Gasteiger partial charge >= 0.3 is 0 Å². The Balaban J connectivity index is 1.22. The molecule has 0 aliphatic carbocycles. The molecule has 41 heavy (non-hydrogen) atoms. The van der Waals surface area contributed by atoms with Crippen LogP contribution in [0.15, 0.2) is 66.9 Å². The molecule has 2 saturated heterocycles. The third-order valence-corrected chi connectivity index (χ3v) is 8.24. The van der Waals surface area contributed by atoms with Crippen molar-refractivity contribution in [2.24, 2.45) is 5.92 Å². The lowest BCUT2D eigenvalue weighted by Gasteiger charge is -2.31. The second-order valence-electron chi connectivity index (χ2n) is 11.0. The average Bonchev–Trinajstić information content (AvgIpc) is 3.02. The van der Waals surface area contributed by atoms with Crippen molar-refractivity contribution >= 4 is 28.2 Å². The van der Waals surface area contributed by atoms with E-state index >= 15 is 0 Å². The Kier molecular flexibility index (Phi) is 8.09. The van der Waals surface area contributed by atoms with E-state index in [9.17, 15) is 14.3 Å². The van der Waals surface area contributed by atoms with Gasteiger partial charge in [-0.2, -0.15) is 4.98 Å². The molecule has 0 unspecified atom stereocenters. The summed E-state index contributed by atoms with van der Waals surface area (Å²) in [6, 6.07) is 18.0. The second kappa shape index (κ2) is 12.2. The summed E-state index contributed by atoms with van der Waals surface area (Å²) in [5.74, 6) is 1.53. The maximum absolute atomic E-state index is 14.6. The van der Waals surface area contributed by atoms with Crippen LogP contribution in [0, 0.1) is 11.7 Å². The number of carbonyl (C=O) groups excluding carboxylic acids is 1. The number of nitrogens with zero attached hydrogens (tertiary/aromatic N) is 4. The van der Waals surface area contributed by atoms with E-state index in [2.05, 4.69) is 19.8 Å². The van der Waals surface area contributed by atoms with E-state index in [0.717, 1.165) is 73.9 Å². The number of hydrogen-bond acceptors (Lipinski definition) is 7. The Morgan fingerprint density at radius 1 is 0.927 bits per heavy atom. The van der Waals surface area contributed by atoms with Crippen molar-refractivity contribution in [1.82, 2.24) is 9.97 Å². The van der Waals surface area contributed by atoms with E-state index in [4.69, 9.17) is 4.74 Å². The summed E-state index contributed by atoms with van der Waals surface area (Å²) in [6.07, 6.45) is 7.02. The van der Waals surface area contributed by atoms with Crippen LogP contribution in [0.25, 0.3) is 10.8 Å². The molecule has 6 rings (SSSR count). The van der Waals surface area contributed by atoms with Crippen molar-refractivity contribution in [3.8, 4) is 11.6 Å². The first kappa shape index (κ1) is 27.1. The number of rotatable bonds is 8. The molecule has 1 aromatic heterocycles. The molecule has 0 amide bonds. The first-order valence-corrected chi connectivity index (χ1v) is 14.5. The molecular weight excluding hydrogens is 519 g/mol. The topological polar surface area (TPSA) is 78.8 Å². The molecule has 0 radical (unpaired) electrons. The third kappa shape index (κ3) is 6.17. The number of aliphatic hydroxyl groups is 1. The lowest BCUT2D eigenvalue weighted by atomic mass is 9.96. The number of Topliss-reactive ketones (excluding diaryl/α,β-unsaturated/α-hetero) is 1. The summed E-state index contributed by atoms with van der Waals surface area (Å²) in [7, 11) is 0. The molecule has 0 spiro atoms. The van der Waals surface area contributed by atoms with Crippen LogP contribution in [0.2, 0.25) is 0 Å². The lowest BCUT2D eigenvalue weighted by Crippen LogP contribution is -2.35. The number of carbonyl (C=O) groups is 1. The number of anilines is 2. The van der Waals surface area contributed by atoms with Crippen LogP contribution in [-0.4, -0.2) is 53.6 Å². The van der Waals surface area contributed by atoms with Gasteiger partial charge in [0.25, 0.3) is 0 Å². The van der Waals surface area contributed by atoms with Gasteiger partial charge in [-0.1, -0.05) is 30.3 Å². The molecule has 2 fully saturated rings. The number of benzene rings is 3. The van der Waals surface area contributed by atoms with Crippen molar-refractivity contribution in [1.29, 1.82) is 0 Å². The quantitative estimate of drug-likeness (QED) is 0.260. The van der Waals surface area contributed by atoms with Gasteiger partial charge in [0.2, 0.25) is 11.8 Å². The predicted molar refractivity (Wildman–Crippen MR) is 159 cm³/mol. The average molecular weight is 555 g/mol. The molecule has 0 bridgehead atoms. The lowest BCUT2D eigenvalue weighted by molar-refractivity contribution is 0.0993. The molecule has 1 N–H and O–H groups in total. The maximum Gasteiger partial charge on any atom is 0.228 e. The van der Waals surface area contributed by atoms with E-state index in [-0.39, 0.29) is 24.6 Å². The fourth-order valence-corrected chi connectivity index (χ4v) is 5.89. The molecule has 4 aromatic rings. The molecule has 3 heterocycles. The minimum absolute atomic E-state index is 0.119. The van der Waals surface area contributed by atoms with Gasteiger partial charge in [0, 0.05) is 68.1 Å². The summed E-state index contributed by atoms with van der Waals surface area (Å²) in [5, 5.41) is 11.2. The second-order valence-corrected chi connectivity index (χ2v) is 11.0. The molecular formula is C33H35FN4O3. The van der Waals surface area contributed by atoms with E-state index in [1.54, 1.807) is 12.3 Å². The maximum atomic E-state index is 14.6. The standard InChI is InChI=1S/C33H35FN4O3/c34-26-18-25(19-27(21-26)37-14-4-1-5-15-37)30(40)20-24-8-9-31(29-7-3-2-6-28(24)29)41-32-10-13-35-33(36-32)38-16-11-23(22-39)12-17-38/h2-3,6-10,13,18-19,21,23,39H,1,4-5,11-12,14-17,20,22H2. The summed E-state index contributed by atoms with van der Waals surface area (Å²) in [4.78, 5) is 26.8. The van der Waals surface area contributed by atoms with E-state index in [0.29, 0.717) is 29.1 Å². The monoisotopic (exact) mass is 554 g/mol. The van der Waals surface area contributed by atoms with Crippen LogP contribution < -0.4 is 14.5 Å². The predicted octanol–water partition coefficient (Wildman–Crippen LogP) is 6.19. The van der Waals surface area contributed by atoms with Crippen molar-refractivity contribution < 1.29 is 19.0 Å². The number of ketones is 1. The Labute approximate surface area is 239 Å². The van der Waals surface area contributed by atoms with Gasteiger partial charge < -0.3 is 19.6 Å². The highest BCUT2D eigenvalue weighted by atomic mass is 19.1. The van der Waals surface area contributed by atoms with Crippen LogP contribution in [0.5, 0.6) is 11.6 Å². The molecule has 8 heteroatoms. The Morgan fingerprint density at radius 2 is 1.71 bits per heavy atom. The number of halogens is 1. The highest BCUT2D eigenvalue weighted by molar-refractivity contribution is 6.01. The summed E-state index contributed by atoms with van der Waals surface area (Å²) in [6.45, 7) is 3.59. The van der Waals surface area contributed by atoms with Gasteiger partial charge in [-0.05, 0) is 73.2 Å². The fraction of sp³-hybridized carbons (Fsp3) is 0.364. The molecule has 0 saturated carbocycles. The molecule has 212 valence electrons. The molecule has 2 aliphatic heterocycles. The Hall–Kier alpha value is -4.04. The zero-order valence-electron chi connectivity index (χ0n) is 23.1. The smallest absolute Gasteiger partial charge is 0.228 e. The molecule has 2 aliphatic rings. The Morgan fingerprint density at radius 3 is 2.49 bits per heavy atom. The molecule has 7 nitrogen and oxygen atoms in total. The van der Waals surface area contributed by atoms with Crippen molar-refractivity contribution in [3.63, 3.8) is 0 Å². The number of aromatic nitrogens is 2. The number of fused-ring (bicyclic) bond motifs is 1. The fourth-order valence-electron chi connectivity index (χ4n) is 5.89. The molecule has 3 aromatic carbocycles. The normalized spacial score (nSPS) is 16.2. The van der Waals surface area contributed by atoms with Crippen LogP contribution in [0.3, 0.4) is 0 Å². The summed E-state index contributed by atoms with van der Waals surface area (Å²) < 4.78 is 20.8. The number of piperidine rings is 2. The zero-order valence-corrected chi connectivity index (χ0v) is 23.1. The largest absolute Gasteiger partial charge is 0.438 e. The Bertz CT molecular complexity index is 1530. The van der Waals surface area contributed by atoms with Crippen molar-refractivity contribution in [3.05, 3.63) is 83.8 Å². The van der Waals surface area contributed by atoms with Gasteiger partial charge in [0.05, 0.1) is 0 Å². The van der Waals surface area contributed by atoms with Crippen LogP contribution in [-0.2, 0) is 6.42 Å². The zero-order chi connectivity index (χ0) is 28.2. The molecule has 0 atom stereocenters. The first-order chi connectivity index (χ1) is 20.1. The SMILES string of the molecule is O=C(Cc1ccc(Oc2ccnc(N3CCC(CO)CC3)n2)c2ccccc12)c1cc(F)cc(N2CCCCC2)c1.